The summed E-state index contributed by atoms with van der Waals surface area (Å²) in [7, 11) is 3.60. The van der Waals surface area contributed by atoms with Crippen LogP contribution in [0.15, 0.2) is 55.0 Å². The number of aromatic nitrogens is 3. The zero-order valence-electron chi connectivity index (χ0n) is 13.5. The van der Waals surface area contributed by atoms with Crippen LogP contribution in [0.4, 0.5) is 5.69 Å². The second kappa shape index (κ2) is 6.84. The number of hydrogen-bond acceptors (Lipinski definition) is 5. The van der Waals surface area contributed by atoms with E-state index in [1.165, 1.54) is 0 Å². The van der Waals surface area contributed by atoms with Gasteiger partial charge in [-0.3, -0.25) is 0 Å². The highest BCUT2D eigenvalue weighted by atomic mass is 16.5. The number of nitrogens with one attached hydrogen (secondary N) is 1. The first-order valence-corrected chi connectivity index (χ1v) is 7.45. The number of imidazole rings is 1. The van der Waals surface area contributed by atoms with Crippen LogP contribution in [0.1, 0.15) is 23.1 Å². The first kappa shape index (κ1) is 15.6. The Balaban J connectivity index is 1.98. The fourth-order valence-electron chi connectivity index (χ4n) is 2.49. The van der Waals surface area contributed by atoms with Crippen molar-refractivity contribution in [1.29, 1.82) is 5.26 Å². The van der Waals surface area contributed by atoms with Gasteiger partial charge in [-0.15, -0.1) is 0 Å². The lowest BCUT2D eigenvalue weighted by molar-refractivity contribution is 0.414. The van der Waals surface area contributed by atoms with Crippen molar-refractivity contribution in [2.24, 2.45) is 7.05 Å². The van der Waals surface area contributed by atoms with Crippen molar-refractivity contribution in [2.75, 3.05) is 12.4 Å². The number of methoxy groups -OCH3 is 1. The van der Waals surface area contributed by atoms with Gasteiger partial charge in [0.2, 0.25) is 0 Å². The number of nitrogens with zero attached hydrogens (tertiary/aromatic N) is 4. The fourth-order valence-corrected chi connectivity index (χ4v) is 2.49. The van der Waals surface area contributed by atoms with Crippen LogP contribution in [0.25, 0.3) is 0 Å². The summed E-state index contributed by atoms with van der Waals surface area (Å²) >= 11 is 0. The van der Waals surface area contributed by atoms with Crippen LogP contribution in [-0.2, 0) is 7.05 Å². The minimum atomic E-state index is -0.171. The van der Waals surface area contributed by atoms with E-state index in [1.807, 2.05) is 54.2 Å². The molecule has 0 aliphatic carbocycles. The van der Waals surface area contributed by atoms with Gasteiger partial charge in [0.15, 0.2) is 0 Å². The van der Waals surface area contributed by atoms with E-state index in [0.29, 0.717) is 5.69 Å². The molecular weight excluding hydrogens is 302 g/mol. The Bertz CT molecular complexity index is 864. The van der Waals surface area contributed by atoms with Crippen LogP contribution in [0.2, 0.25) is 0 Å². The number of pyridine rings is 1. The molecule has 3 rings (SSSR count). The van der Waals surface area contributed by atoms with Crippen molar-refractivity contribution in [3.8, 4) is 11.8 Å². The molecule has 3 aromatic rings. The summed E-state index contributed by atoms with van der Waals surface area (Å²) < 4.78 is 7.30. The lowest BCUT2D eigenvalue weighted by Crippen LogP contribution is -2.17. The van der Waals surface area contributed by atoms with Crippen LogP contribution in [0.3, 0.4) is 0 Å². The van der Waals surface area contributed by atoms with Crippen LogP contribution in [0, 0.1) is 11.3 Å². The molecule has 1 aromatic carbocycles. The molecule has 1 N–H and O–H groups in total. The molecule has 2 heterocycles. The summed E-state index contributed by atoms with van der Waals surface area (Å²) in [6.45, 7) is 0. The van der Waals surface area contributed by atoms with Crippen molar-refractivity contribution in [2.45, 2.75) is 6.04 Å². The van der Waals surface area contributed by atoms with Crippen molar-refractivity contribution in [3.05, 3.63) is 72.1 Å². The summed E-state index contributed by atoms with van der Waals surface area (Å²) in [5, 5.41) is 12.3. The number of nitriles is 1. The van der Waals surface area contributed by atoms with Crippen LogP contribution < -0.4 is 10.1 Å². The maximum Gasteiger partial charge on any atom is 0.140 e. The monoisotopic (exact) mass is 319 g/mol. The van der Waals surface area contributed by atoms with Gasteiger partial charge in [0.1, 0.15) is 29.4 Å². The number of benzene rings is 1. The third-order valence-corrected chi connectivity index (χ3v) is 3.73. The van der Waals surface area contributed by atoms with Gasteiger partial charge in [0.05, 0.1) is 19.0 Å². The summed E-state index contributed by atoms with van der Waals surface area (Å²) in [4.78, 5) is 8.57. The van der Waals surface area contributed by atoms with Gasteiger partial charge in [-0.1, -0.05) is 12.1 Å². The predicted molar refractivity (Wildman–Crippen MR) is 90.6 cm³/mol. The van der Waals surface area contributed by atoms with E-state index in [4.69, 9.17) is 10.00 Å². The number of aryl methyl sites for hydroxylation is 1. The van der Waals surface area contributed by atoms with Gasteiger partial charge in [0.25, 0.3) is 0 Å². The largest absolute Gasteiger partial charge is 0.497 e. The number of ether oxygens (including phenoxy) is 1. The number of hydrogen-bond donors (Lipinski definition) is 1. The molecule has 0 amide bonds. The Hall–Kier alpha value is -3.33. The van der Waals surface area contributed by atoms with E-state index >= 15 is 0 Å². The van der Waals surface area contributed by atoms with Gasteiger partial charge < -0.3 is 14.6 Å². The maximum atomic E-state index is 8.87. The molecular formula is C18H17N5O. The van der Waals surface area contributed by atoms with Gasteiger partial charge >= 0.3 is 0 Å². The molecule has 1 atom stereocenters. The van der Waals surface area contributed by atoms with Crippen molar-refractivity contribution >= 4 is 5.69 Å². The lowest BCUT2D eigenvalue weighted by atomic mass is 10.1. The molecule has 24 heavy (non-hydrogen) atoms. The van der Waals surface area contributed by atoms with E-state index in [-0.39, 0.29) is 6.04 Å². The molecule has 0 aliphatic rings. The smallest absolute Gasteiger partial charge is 0.140 e. The molecule has 0 bridgehead atoms. The zero-order chi connectivity index (χ0) is 16.9. The van der Waals surface area contributed by atoms with Gasteiger partial charge in [0, 0.05) is 19.4 Å². The third-order valence-electron chi connectivity index (χ3n) is 3.73. The molecule has 120 valence electrons. The summed E-state index contributed by atoms with van der Waals surface area (Å²) in [6.07, 6.45) is 5.32. The van der Waals surface area contributed by atoms with E-state index in [0.717, 1.165) is 22.8 Å². The Morgan fingerprint density at radius 3 is 2.75 bits per heavy atom. The highest BCUT2D eigenvalue weighted by Gasteiger charge is 2.19. The third kappa shape index (κ3) is 3.20. The molecule has 6 heteroatoms. The van der Waals surface area contributed by atoms with Gasteiger partial charge in [-0.05, 0) is 29.8 Å². The quantitative estimate of drug-likeness (QED) is 0.782. The van der Waals surface area contributed by atoms with E-state index in [9.17, 15) is 0 Å². The van der Waals surface area contributed by atoms with E-state index < -0.39 is 0 Å². The topological polar surface area (TPSA) is 75.8 Å². The standard InChI is InChI=1S/C18H17N5O/c1-23-9-8-20-18(23)17(13-4-3-5-16(10-13)24-2)22-15-7-6-14(11-19)21-12-15/h3-10,12,17,22H,1-2H3. The molecule has 1 unspecified atom stereocenters. The predicted octanol–water partition coefficient (Wildman–Crippen LogP) is 2.90. The second-order valence-corrected chi connectivity index (χ2v) is 5.29. The van der Waals surface area contributed by atoms with Crippen LogP contribution in [-0.4, -0.2) is 21.6 Å². The average molecular weight is 319 g/mol. The zero-order valence-corrected chi connectivity index (χ0v) is 13.5. The normalized spacial score (nSPS) is 11.5. The Labute approximate surface area is 140 Å². The Kier molecular flexibility index (Phi) is 4.43. The highest BCUT2D eigenvalue weighted by Crippen LogP contribution is 2.27. The minimum absolute atomic E-state index is 0.171. The first-order valence-electron chi connectivity index (χ1n) is 7.45. The highest BCUT2D eigenvalue weighted by molar-refractivity contribution is 5.48. The maximum absolute atomic E-state index is 8.87. The van der Waals surface area contributed by atoms with Crippen molar-refractivity contribution < 1.29 is 4.74 Å². The fraction of sp³-hybridized carbons (Fsp3) is 0.167. The van der Waals surface area contributed by atoms with E-state index in [1.54, 1.807) is 25.6 Å². The molecule has 0 aliphatic heterocycles. The van der Waals surface area contributed by atoms with Crippen LogP contribution in [0.5, 0.6) is 5.75 Å². The molecule has 0 radical (unpaired) electrons. The van der Waals surface area contributed by atoms with Gasteiger partial charge in [-0.2, -0.15) is 5.26 Å². The van der Waals surface area contributed by atoms with Crippen molar-refractivity contribution in [1.82, 2.24) is 14.5 Å². The SMILES string of the molecule is COc1cccc(C(Nc2ccc(C#N)nc2)c2nccn2C)c1. The molecule has 0 fully saturated rings. The molecule has 0 saturated carbocycles. The lowest BCUT2D eigenvalue weighted by Gasteiger charge is -2.20. The second-order valence-electron chi connectivity index (χ2n) is 5.29. The first-order chi connectivity index (χ1) is 11.7. The average Bonchev–Trinajstić information content (AvgIpc) is 3.06. The molecule has 0 saturated heterocycles. The molecule has 6 nitrogen and oxygen atoms in total. The number of rotatable bonds is 5. The summed E-state index contributed by atoms with van der Waals surface area (Å²) in [5.41, 5.74) is 2.22. The molecule has 2 aromatic heterocycles. The van der Waals surface area contributed by atoms with Crippen molar-refractivity contribution in [3.63, 3.8) is 0 Å². The molecule has 0 spiro atoms. The summed E-state index contributed by atoms with van der Waals surface area (Å²) in [5.74, 6) is 1.65. The summed E-state index contributed by atoms with van der Waals surface area (Å²) in [6, 6.07) is 13.2. The Morgan fingerprint density at radius 1 is 1.25 bits per heavy atom. The Morgan fingerprint density at radius 2 is 2.12 bits per heavy atom. The van der Waals surface area contributed by atoms with Crippen LogP contribution >= 0.6 is 0 Å². The number of anilines is 1. The minimum Gasteiger partial charge on any atom is -0.497 e. The van der Waals surface area contributed by atoms with E-state index in [2.05, 4.69) is 15.3 Å². The van der Waals surface area contributed by atoms with Gasteiger partial charge in [-0.25, -0.2) is 9.97 Å².